The highest BCUT2D eigenvalue weighted by molar-refractivity contribution is 7.99. The van der Waals surface area contributed by atoms with Crippen LogP contribution in [0.15, 0.2) is 53.7 Å². The molecule has 0 atom stereocenters. The number of anilines is 1. The average Bonchev–Trinajstić information content (AvgIpc) is 3.03. The summed E-state index contributed by atoms with van der Waals surface area (Å²) >= 11 is 1.09. The average molecular weight is 382 g/mol. The Morgan fingerprint density at radius 2 is 1.96 bits per heavy atom. The number of hydrogen-bond donors (Lipinski definition) is 2. The van der Waals surface area contributed by atoms with Gasteiger partial charge in [0.2, 0.25) is 11.1 Å². The van der Waals surface area contributed by atoms with Gasteiger partial charge in [-0.15, -0.1) is 10.2 Å². The van der Waals surface area contributed by atoms with Crippen LogP contribution in [0, 0.1) is 17.1 Å². The molecule has 3 N–H and O–H groups in total. The third-order valence-corrected chi connectivity index (χ3v) is 4.58. The topological polar surface area (TPSA) is 110 Å². The summed E-state index contributed by atoms with van der Waals surface area (Å²) < 4.78 is 15.0. The number of carbonyl (C=O) groups excluding carboxylic acids is 1. The van der Waals surface area contributed by atoms with Crippen LogP contribution in [0.5, 0.6) is 0 Å². The molecule has 0 aliphatic carbocycles. The number of nitrogens with one attached hydrogen (secondary N) is 1. The zero-order valence-electron chi connectivity index (χ0n) is 14.1. The minimum atomic E-state index is -0.453. The van der Waals surface area contributed by atoms with Gasteiger partial charge in [-0.3, -0.25) is 4.79 Å². The number of hydrogen-bond acceptors (Lipinski definition) is 6. The normalized spacial score (nSPS) is 10.4. The summed E-state index contributed by atoms with van der Waals surface area (Å²) in [5.41, 5.74) is 1.74. The molecule has 0 spiro atoms. The number of nitrogen functional groups attached to an aromatic ring is 1. The number of carbonyl (C=O) groups is 1. The van der Waals surface area contributed by atoms with Crippen LogP contribution < -0.4 is 11.2 Å². The molecule has 1 amide bonds. The zero-order valence-corrected chi connectivity index (χ0v) is 14.9. The molecule has 0 aliphatic rings. The summed E-state index contributed by atoms with van der Waals surface area (Å²) in [6, 6.07) is 15.2. The van der Waals surface area contributed by atoms with Gasteiger partial charge in [0, 0.05) is 5.69 Å². The number of nitrogens with two attached hydrogens (primary N) is 1. The first-order valence-electron chi connectivity index (χ1n) is 7.92. The molecule has 27 heavy (non-hydrogen) atoms. The monoisotopic (exact) mass is 382 g/mol. The minimum absolute atomic E-state index is 0.0621. The van der Waals surface area contributed by atoms with E-state index >= 15 is 0 Å². The van der Waals surface area contributed by atoms with E-state index in [1.54, 1.807) is 42.5 Å². The second-order valence-corrected chi connectivity index (χ2v) is 6.47. The summed E-state index contributed by atoms with van der Waals surface area (Å²) in [5, 5.41) is 19.5. The van der Waals surface area contributed by atoms with Crippen LogP contribution in [0.3, 0.4) is 0 Å². The van der Waals surface area contributed by atoms with Crippen LogP contribution >= 0.6 is 11.8 Å². The molecule has 0 saturated carbocycles. The molecule has 0 aliphatic heterocycles. The number of rotatable bonds is 6. The molecule has 3 aromatic rings. The number of nitriles is 1. The fourth-order valence-corrected chi connectivity index (χ4v) is 2.98. The van der Waals surface area contributed by atoms with E-state index in [1.807, 2.05) is 0 Å². The van der Waals surface area contributed by atoms with E-state index < -0.39 is 5.82 Å². The van der Waals surface area contributed by atoms with Gasteiger partial charge in [-0.2, -0.15) is 5.26 Å². The lowest BCUT2D eigenvalue weighted by Gasteiger charge is -2.06. The van der Waals surface area contributed by atoms with Crippen LogP contribution in [0.25, 0.3) is 11.4 Å². The predicted octanol–water partition coefficient (Wildman–Crippen LogP) is 2.59. The fraction of sp³-hybridized carbons (Fsp3) is 0.111. The molecule has 0 radical (unpaired) electrons. The quantitative estimate of drug-likeness (QED) is 0.501. The Labute approximate surface area is 159 Å². The number of benzene rings is 2. The molecule has 2 aromatic carbocycles. The van der Waals surface area contributed by atoms with Crippen LogP contribution in [0.1, 0.15) is 5.56 Å². The first-order chi connectivity index (χ1) is 13.1. The molecule has 7 nitrogen and oxygen atoms in total. The van der Waals surface area contributed by atoms with E-state index in [1.165, 1.54) is 6.07 Å². The SMILES string of the molecule is N#CCc1ccc(NC(=O)CSc2nnc(-c3ccccc3F)n2N)cc1. The summed E-state index contributed by atoms with van der Waals surface area (Å²) in [6.45, 7) is 0. The summed E-state index contributed by atoms with van der Waals surface area (Å²) in [4.78, 5) is 12.1. The van der Waals surface area contributed by atoms with Crippen molar-refractivity contribution < 1.29 is 9.18 Å². The maximum atomic E-state index is 13.9. The molecule has 0 bridgehead atoms. The summed E-state index contributed by atoms with van der Waals surface area (Å²) in [5.74, 6) is 5.48. The first-order valence-corrected chi connectivity index (χ1v) is 8.91. The Balaban J connectivity index is 1.61. The third kappa shape index (κ3) is 4.43. The summed E-state index contributed by atoms with van der Waals surface area (Å²) in [6.07, 6.45) is 0.320. The van der Waals surface area contributed by atoms with Crippen molar-refractivity contribution >= 4 is 23.4 Å². The van der Waals surface area contributed by atoms with Gasteiger partial charge in [0.05, 0.1) is 23.8 Å². The highest BCUT2D eigenvalue weighted by Crippen LogP contribution is 2.23. The van der Waals surface area contributed by atoms with Crippen molar-refractivity contribution in [1.29, 1.82) is 5.26 Å². The van der Waals surface area contributed by atoms with Crippen molar-refractivity contribution in [3.05, 3.63) is 59.9 Å². The van der Waals surface area contributed by atoms with E-state index in [-0.39, 0.29) is 23.0 Å². The number of thioether (sulfide) groups is 1. The summed E-state index contributed by atoms with van der Waals surface area (Å²) in [7, 11) is 0. The lowest BCUT2D eigenvalue weighted by atomic mass is 10.1. The minimum Gasteiger partial charge on any atom is -0.335 e. The Kier molecular flexibility index (Phi) is 5.68. The Morgan fingerprint density at radius 3 is 2.67 bits per heavy atom. The van der Waals surface area contributed by atoms with Crippen molar-refractivity contribution in [1.82, 2.24) is 14.9 Å². The van der Waals surface area contributed by atoms with Gasteiger partial charge in [-0.05, 0) is 29.8 Å². The number of nitrogens with zero attached hydrogens (tertiary/aromatic N) is 4. The Morgan fingerprint density at radius 1 is 1.22 bits per heavy atom. The molecule has 136 valence electrons. The van der Waals surface area contributed by atoms with Crippen molar-refractivity contribution in [2.45, 2.75) is 11.6 Å². The highest BCUT2D eigenvalue weighted by Gasteiger charge is 2.16. The first kappa shape index (κ1) is 18.4. The Bertz CT molecular complexity index is 996. The van der Waals surface area contributed by atoms with Gasteiger partial charge in [0.1, 0.15) is 5.82 Å². The second kappa shape index (κ2) is 8.33. The third-order valence-electron chi connectivity index (χ3n) is 3.63. The lowest BCUT2D eigenvalue weighted by Crippen LogP contribution is -2.16. The maximum Gasteiger partial charge on any atom is 0.234 e. The molecule has 0 unspecified atom stereocenters. The van der Waals surface area contributed by atoms with Crippen molar-refractivity contribution in [3.63, 3.8) is 0 Å². The molecule has 0 saturated heterocycles. The lowest BCUT2D eigenvalue weighted by molar-refractivity contribution is -0.113. The van der Waals surface area contributed by atoms with Gasteiger partial charge in [0.15, 0.2) is 5.82 Å². The molecule has 1 aromatic heterocycles. The van der Waals surface area contributed by atoms with E-state index in [2.05, 4.69) is 21.6 Å². The van der Waals surface area contributed by atoms with Crippen LogP contribution in [-0.2, 0) is 11.2 Å². The number of amides is 1. The molecule has 9 heteroatoms. The maximum absolute atomic E-state index is 13.9. The standard InChI is InChI=1S/C18H15FN6OS/c19-15-4-2-1-3-14(15)17-23-24-18(25(17)21)27-11-16(26)22-13-7-5-12(6-8-13)9-10-20/h1-8H,9,11,21H2,(H,22,26). The van der Waals surface area contributed by atoms with Crippen molar-refractivity contribution in [2.75, 3.05) is 16.9 Å². The van der Waals surface area contributed by atoms with Gasteiger partial charge >= 0.3 is 0 Å². The van der Waals surface area contributed by atoms with Crippen LogP contribution in [-0.4, -0.2) is 26.5 Å². The largest absolute Gasteiger partial charge is 0.335 e. The fourth-order valence-electron chi connectivity index (χ4n) is 2.33. The molecule has 0 fully saturated rings. The van der Waals surface area contributed by atoms with Gasteiger partial charge in [0.25, 0.3) is 0 Å². The van der Waals surface area contributed by atoms with E-state index in [9.17, 15) is 9.18 Å². The predicted molar refractivity (Wildman–Crippen MR) is 101 cm³/mol. The van der Waals surface area contributed by atoms with Crippen LogP contribution in [0.4, 0.5) is 10.1 Å². The molecular weight excluding hydrogens is 367 g/mol. The molecule has 1 heterocycles. The van der Waals surface area contributed by atoms with Gasteiger partial charge in [-0.1, -0.05) is 36.0 Å². The smallest absolute Gasteiger partial charge is 0.234 e. The van der Waals surface area contributed by atoms with Crippen molar-refractivity contribution in [2.24, 2.45) is 0 Å². The van der Waals surface area contributed by atoms with E-state index in [4.69, 9.17) is 11.1 Å². The molecule has 3 rings (SSSR count). The number of aromatic nitrogens is 3. The van der Waals surface area contributed by atoms with Gasteiger partial charge < -0.3 is 11.2 Å². The molecular formula is C18H15FN6OS. The highest BCUT2D eigenvalue weighted by atomic mass is 32.2. The van der Waals surface area contributed by atoms with Gasteiger partial charge in [-0.25, -0.2) is 9.07 Å². The van der Waals surface area contributed by atoms with E-state index in [0.717, 1.165) is 22.0 Å². The van der Waals surface area contributed by atoms with Crippen LogP contribution in [0.2, 0.25) is 0 Å². The van der Waals surface area contributed by atoms with Crippen molar-refractivity contribution in [3.8, 4) is 17.5 Å². The Hall–Kier alpha value is -3.38. The number of halogens is 1. The van der Waals surface area contributed by atoms with E-state index in [0.29, 0.717) is 17.3 Å². The zero-order chi connectivity index (χ0) is 19.2. The second-order valence-electron chi connectivity index (χ2n) is 5.52.